The first-order chi connectivity index (χ1) is 14.1. The van der Waals surface area contributed by atoms with Crippen molar-refractivity contribution in [3.05, 3.63) is 108 Å². The summed E-state index contributed by atoms with van der Waals surface area (Å²) in [6, 6.07) is 28.8. The number of hydrogen-bond acceptors (Lipinski definition) is 3. The monoisotopic (exact) mass is 385 g/mol. The fourth-order valence-corrected chi connectivity index (χ4v) is 4.06. The first-order valence-corrected chi connectivity index (χ1v) is 9.72. The van der Waals surface area contributed by atoms with E-state index in [1.165, 1.54) is 0 Å². The summed E-state index contributed by atoms with van der Waals surface area (Å²) in [5, 5.41) is 0. The van der Waals surface area contributed by atoms with Gasteiger partial charge < -0.3 is 9.53 Å². The first kappa shape index (κ1) is 18.9. The molecule has 3 aromatic rings. The third-order valence-electron chi connectivity index (χ3n) is 5.47. The van der Waals surface area contributed by atoms with Crippen LogP contribution in [-0.4, -0.2) is 22.8 Å². The summed E-state index contributed by atoms with van der Waals surface area (Å²) in [5.41, 5.74) is 1.80. The molecule has 0 bridgehead atoms. The number of amides is 1. The quantitative estimate of drug-likeness (QED) is 0.553. The van der Waals surface area contributed by atoms with Crippen LogP contribution in [0, 0.1) is 0 Å². The van der Waals surface area contributed by atoms with E-state index in [4.69, 9.17) is 4.74 Å². The maximum atomic E-state index is 13.1. The van der Waals surface area contributed by atoms with Crippen molar-refractivity contribution in [2.45, 2.75) is 31.0 Å². The van der Waals surface area contributed by atoms with E-state index in [1.807, 2.05) is 91.0 Å². The maximum Gasteiger partial charge on any atom is 0.411 e. The van der Waals surface area contributed by atoms with Crippen LogP contribution in [0.25, 0.3) is 0 Å². The summed E-state index contributed by atoms with van der Waals surface area (Å²) in [6.45, 7) is 1.80. The van der Waals surface area contributed by atoms with Crippen LogP contribution in [0.15, 0.2) is 91.0 Å². The molecule has 0 saturated carbocycles. The molecule has 1 heterocycles. The fourth-order valence-electron chi connectivity index (χ4n) is 4.06. The molecule has 0 unspecified atom stereocenters. The van der Waals surface area contributed by atoms with Gasteiger partial charge in [-0.3, -0.25) is 4.90 Å². The lowest BCUT2D eigenvalue weighted by Crippen LogP contribution is -2.51. The zero-order valence-corrected chi connectivity index (χ0v) is 16.3. The van der Waals surface area contributed by atoms with Crippen LogP contribution in [0.1, 0.15) is 35.8 Å². The molecule has 3 atom stereocenters. The molecule has 0 spiro atoms. The highest BCUT2D eigenvalue weighted by Gasteiger charge is 2.51. The highest BCUT2D eigenvalue weighted by Crippen LogP contribution is 2.46. The van der Waals surface area contributed by atoms with E-state index < -0.39 is 23.8 Å². The summed E-state index contributed by atoms with van der Waals surface area (Å²) in [6.07, 6.45) is 0.321. The molecular formula is C25H23NO3. The predicted octanol–water partition coefficient (Wildman–Crippen LogP) is 5.12. The Morgan fingerprint density at radius 2 is 1.38 bits per heavy atom. The minimum Gasteiger partial charge on any atom is -0.439 e. The van der Waals surface area contributed by atoms with Crippen molar-refractivity contribution in [3.63, 3.8) is 0 Å². The van der Waals surface area contributed by atoms with Gasteiger partial charge in [0.25, 0.3) is 0 Å². The third-order valence-corrected chi connectivity index (χ3v) is 5.47. The van der Waals surface area contributed by atoms with Crippen molar-refractivity contribution in [3.8, 4) is 0 Å². The van der Waals surface area contributed by atoms with Crippen LogP contribution >= 0.6 is 0 Å². The standard InChI is InChI=1S/C25H23NO3/c1-25(18-27,17-19-11-5-2-6-12-19)26-22(20-13-7-3-8-14-20)23(29-24(26)28)21-15-9-4-10-16-21/h2-16,18,22-23H,17H2,1H3/t22-,23+,25+/m0/s1. The molecule has 1 aliphatic heterocycles. The molecule has 3 aromatic carbocycles. The van der Waals surface area contributed by atoms with Crippen molar-refractivity contribution < 1.29 is 14.3 Å². The number of aldehydes is 1. The minimum atomic E-state index is -1.04. The molecular weight excluding hydrogens is 362 g/mol. The summed E-state index contributed by atoms with van der Waals surface area (Å²) >= 11 is 0. The average Bonchev–Trinajstić information content (AvgIpc) is 3.13. The van der Waals surface area contributed by atoms with E-state index in [0.717, 1.165) is 23.0 Å². The van der Waals surface area contributed by atoms with Crippen molar-refractivity contribution in [2.24, 2.45) is 0 Å². The van der Waals surface area contributed by atoms with Crippen LogP contribution in [-0.2, 0) is 16.0 Å². The number of nitrogens with zero attached hydrogens (tertiary/aromatic N) is 1. The Morgan fingerprint density at radius 1 is 0.862 bits per heavy atom. The molecule has 146 valence electrons. The Hall–Kier alpha value is -3.40. The number of benzene rings is 3. The molecule has 4 nitrogen and oxygen atoms in total. The summed E-state index contributed by atoms with van der Waals surface area (Å²) in [7, 11) is 0. The Balaban J connectivity index is 1.79. The zero-order chi connectivity index (χ0) is 20.3. The molecule has 1 saturated heterocycles. The molecule has 4 heteroatoms. The van der Waals surface area contributed by atoms with E-state index in [0.29, 0.717) is 6.42 Å². The van der Waals surface area contributed by atoms with Gasteiger partial charge in [-0.15, -0.1) is 0 Å². The summed E-state index contributed by atoms with van der Waals surface area (Å²) in [4.78, 5) is 27.0. The minimum absolute atomic E-state index is 0.398. The van der Waals surface area contributed by atoms with Gasteiger partial charge in [-0.1, -0.05) is 91.0 Å². The third kappa shape index (κ3) is 3.66. The second-order valence-electron chi connectivity index (χ2n) is 7.58. The second kappa shape index (κ2) is 7.92. The van der Waals surface area contributed by atoms with Gasteiger partial charge in [-0.25, -0.2) is 4.79 Å². The second-order valence-corrected chi connectivity index (χ2v) is 7.58. The number of hydrogen-bond donors (Lipinski definition) is 0. The summed E-state index contributed by atoms with van der Waals surface area (Å²) in [5.74, 6) is 0. The van der Waals surface area contributed by atoms with Gasteiger partial charge in [-0.05, 0) is 23.6 Å². The van der Waals surface area contributed by atoms with Gasteiger partial charge in [0, 0.05) is 6.42 Å². The van der Waals surface area contributed by atoms with Gasteiger partial charge in [0.05, 0.1) is 0 Å². The molecule has 0 radical (unpaired) electrons. The number of ether oxygens (including phenoxy) is 1. The number of carbonyl (C=O) groups excluding carboxylic acids is 2. The van der Waals surface area contributed by atoms with Gasteiger partial charge in [0.2, 0.25) is 0 Å². The lowest BCUT2D eigenvalue weighted by molar-refractivity contribution is -0.117. The Bertz CT molecular complexity index is 975. The van der Waals surface area contributed by atoms with Crippen LogP contribution in [0.3, 0.4) is 0 Å². The molecule has 0 aliphatic carbocycles. The topological polar surface area (TPSA) is 46.6 Å². The van der Waals surface area contributed by atoms with Crippen LogP contribution < -0.4 is 0 Å². The van der Waals surface area contributed by atoms with Gasteiger partial charge in [0.15, 0.2) is 6.10 Å². The van der Waals surface area contributed by atoms with E-state index in [1.54, 1.807) is 11.8 Å². The fraction of sp³-hybridized carbons (Fsp3) is 0.200. The van der Waals surface area contributed by atoms with Crippen LogP contribution in [0.4, 0.5) is 4.79 Å². The predicted molar refractivity (Wildman–Crippen MR) is 111 cm³/mol. The normalized spacial score (nSPS) is 20.7. The molecule has 1 fully saturated rings. The number of rotatable bonds is 6. The van der Waals surface area contributed by atoms with Gasteiger partial charge >= 0.3 is 6.09 Å². The van der Waals surface area contributed by atoms with E-state index in [2.05, 4.69) is 0 Å². The largest absolute Gasteiger partial charge is 0.439 e. The molecule has 1 aliphatic rings. The zero-order valence-electron chi connectivity index (χ0n) is 16.3. The lowest BCUT2D eigenvalue weighted by atomic mass is 9.87. The molecule has 0 N–H and O–H groups in total. The highest BCUT2D eigenvalue weighted by molar-refractivity contribution is 5.79. The van der Waals surface area contributed by atoms with Crippen molar-refractivity contribution in [1.29, 1.82) is 0 Å². The Labute approximate surface area is 170 Å². The van der Waals surface area contributed by atoms with Crippen LogP contribution in [0.2, 0.25) is 0 Å². The number of carbonyl (C=O) groups is 2. The van der Waals surface area contributed by atoms with E-state index in [-0.39, 0.29) is 0 Å². The van der Waals surface area contributed by atoms with Crippen LogP contribution in [0.5, 0.6) is 0 Å². The summed E-state index contributed by atoms with van der Waals surface area (Å²) < 4.78 is 5.84. The highest BCUT2D eigenvalue weighted by atomic mass is 16.6. The Morgan fingerprint density at radius 3 is 1.93 bits per heavy atom. The molecule has 1 amide bonds. The van der Waals surface area contributed by atoms with Crippen molar-refractivity contribution >= 4 is 12.4 Å². The molecule has 0 aromatic heterocycles. The van der Waals surface area contributed by atoms with E-state index in [9.17, 15) is 9.59 Å². The maximum absolute atomic E-state index is 13.1. The first-order valence-electron chi connectivity index (χ1n) is 9.72. The lowest BCUT2D eigenvalue weighted by Gasteiger charge is -2.37. The number of cyclic esters (lactones) is 1. The van der Waals surface area contributed by atoms with Gasteiger partial charge in [0.1, 0.15) is 17.9 Å². The average molecular weight is 385 g/mol. The van der Waals surface area contributed by atoms with E-state index >= 15 is 0 Å². The SMILES string of the molecule is C[C@](C=O)(Cc1ccccc1)N1C(=O)O[C@H](c2ccccc2)[C@@H]1c1ccccc1. The van der Waals surface area contributed by atoms with Crippen molar-refractivity contribution in [1.82, 2.24) is 4.90 Å². The van der Waals surface area contributed by atoms with Gasteiger partial charge in [-0.2, -0.15) is 0 Å². The molecule has 29 heavy (non-hydrogen) atoms. The van der Waals surface area contributed by atoms with Crippen molar-refractivity contribution in [2.75, 3.05) is 0 Å². The Kier molecular flexibility index (Phi) is 5.17. The molecule has 4 rings (SSSR count). The smallest absolute Gasteiger partial charge is 0.411 e.